The molecule has 3 aromatic carbocycles. The monoisotopic (exact) mass is 407 g/mol. The Morgan fingerprint density at radius 3 is 2.38 bits per heavy atom. The third kappa shape index (κ3) is 4.17. The Bertz CT molecular complexity index is 1030. The van der Waals surface area contributed by atoms with Crippen molar-refractivity contribution in [2.24, 2.45) is 0 Å². The second-order valence-corrected chi connectivity index (χ2v) is 7.21. The molecule has 0 fully saturated rings. The van der Waals surface area contributed by atoms with Crippen molar-refractivity contribution in [3.63, 3.8) is 0 Å². The van der Waals surface area contributed by atoms with Gasteiger partial charge in [-0.1, -0.05) is 72.3 Å². The molecule has 0 heterocycles. The molecule has 0 saturated heterocycles. The second kappa shape index (κ2) is 8.50. The molecule has 1 aliphatic carbocycles. The molecule has 1 N–H and O–H groups in total. The fourth-order valence-corrected chi connectivity index (χ4v) is 3.80. The molecular weight excluding hydrogens is 389 g/mol. The molecule has 3 aromatic rings. The van der Waals surface area contributed by atoms with E-state index in [4.69, 9.17) is 16.3 Å². The Hall–Kier alpha value is -3.11. The second-order valence-electron chi connectivity index (χ2n) is 6.77. The first kappa shape index (κ1) is 19.2. The largest absolute Gasteiger partial charge is 0.449 e. The van der Waals surface area contributed by atoms with Crippen molar-refractivity contribution in [1.82, 2.24) is 5.32 Å². The van der Waals surface area contributed by atoms with E-state index in [0.29, 0.717) is 10.6 Å². The molecule has 0 aliphatic heterocycles. The number of rotatable bonds is 5. The molecule has 1 aliphatic rings. The van der Waals surface area contributed by atoms with E-state index in [2.05, 4.69) is 29.6 Å². The van der Waals surface area contributed by atoms with E-state index in [1.54, 1.807) is 12.2 Å². The molecule has 0 spiro atoms. The molecule has 29 heavy (non-hydrogen) atoms. The molecule has 0 saturated carbocycles. The minimum Gasteiger partial charge on any atom is -0.449 e. The van der Waals surface area contributed by atoms with Crippen LogP contribution in [0.3, 0.4) is 0 Å². The summed E-state index contributed by atoms with van der Waals surface area (Å²) in [5, 5.41) is 3.11. The Balaban J connectivity index is 1.34. The van der Waals surface area contributed by atoms with Crippen LogP contribution in [0.25, 0.3) is 17.2 Å². The summed E-state index contributed by atoms with van der Waals surface area (Å²) in [5.41, 5.74) is 5.06. The number of halogens is 2. The maximum atomic E-state index is 13.7. The molecular formula is C24H19ClFNO2. The number of ether oxygens (including phenoxy) is 1. The lowest BCUT2D eigenvalue weighted by Gasteiger charge is -2.14. The quantitative estimate of drug-likeness (QED) is 0.560. The SMILES string of the molecule is O=C(NCC=Cc1cc(Cl)ccc1F)OCC1c2ccccc2-c2ccccc21. The Labute approximate surface area is 173 Å². The zero-order valence-electron chi connectivity index (χ0n) is 15.6. The number of amides is 1. The van der Waals surface area contributed by atoms with Crippen molar-refractivity contribution < 1.29 is 13.9 Å². The molecule has 0 radical (unpaired) electrons. The average molecular weight is 408 g/mol. The molecule has 0 atom stereocenters. The van der Waals surface area contributed by atoms with Gasteiger partial charge in [0.15, 0.2) is 0 Å². The van der Waals surface area contributed by atoms with Crippen LogP contribution < -0.4 is 5.32 Å². The van der Waals surface area contributed by atoms with Crippen molar-refractivity contribution in [1.29, 1.82) is 0 Å². The van der Waals surface area contributed by atoms with Crippen LogP contribution in [-0.2, 0) is 4.74 Å². The lowest BCUT2D eigenvalue weighted by atomic mass is 9.98. The summed E-state index contributed by atoms with van der Waals surface area (Å²) < 4.78 is 19.1. The van der Waals surface area contributed by atoms with Crippen molar-refractivity contribution in [2.45, 2.75) is 5.92 Å². The number of nitrogens with one attached hydrogen (secondary N) is 1. The fourth-order valence-electron chi connectivity index (χ4n) is 3.62. The van der Waals surface area contributed by atoms with Crippen molar-refractivity contribution >= 4 is 23.8 Å². The van der Waals surface area contributed by atoms with Crippen LogP contribution in [0.1, 0.15) is 22.6 Å². The van der Waals surface area contributed by atoms with Crippen LogP contribution in [0.5, 0.6) is 0 Å². The number of fused-ring (bicyclic) bond motifs is 3. The van der Waals surface area contributed by atoms with E-state index in [1.807, 2.05) is 24.3 Å². The molecule has 0 aromatic heterocycles. The third-order valence-electron chi connectivity index (χ3n) is 4.96. The highest BCUT2D eigenvalue weighted by atomic mass is 35.5. The first-order valence-electron chi connectivity index (χ1n) is 9.34. The van der Waals surface area contributed by atoms with Crippen LogP contribution in [0.2, 0.25) is 5.02 Å². The van der Waals surface area contributed by atoms with Gasteiger partial charge in [0, 0.05) is 23.0 Å². The number of carbonyl (C=O) groups is 1. The van der Waals surface area contributed by atoms with Gasteiger partial charge >= 0.3 is 6.09 Å². The van der Waals surface area contributed by atoms with Gasteiger partial charge < -0.3 is 10.1 Å². The van der Waals surface area contributed by atoms with Crippen molar-refractivity contribution in [3.05, 3.63) is 100 Å². The highest BCUT2D eigenvalue weighted by Crippen LogP contribution is 2.44. The number of alkyl carbamates (subject to hydrolysis) is 1. The molecule has 4 rings (SSSR count). The van der Waals surface area contributed by atoms with Crippen LogP contribution in [0, 0.1) is 5.82 Å². The van der Waals surface area contributed by atoms with E-state index in [-0.39, 0.29) is 24.9 Å². The van der Waals surface area contributed by atoms with E-state index in [9.17, 15) is 9.18 Å². The van der Waals surface area contributed by atoms with Crippen LogP contribution in [0.15, 0.2) is 72.8 Å². The Morgan fingerprint density at radius 2 is 1.69 bits per heavy atom. The Morgan fingerprint density at radius 1 is 1.03 bits per heavy atom. The van der Waals surface area contributed by atoms with E-state index < -0.39 is 6.09 Å². The Kier molecular flexibility index (Phi) is 5.63. The summed E-state index contributed by atoms with van der Waals surface area (Å²) in [4.78, 5) is 12.1. The highest BCUT2D eigenvalue weighted by Gasteiger charge is 2.28. The molecule has 0 bridgehead atoms. The van der Waals surface area contributed by atoms with E-state index >= 15 is 0 Å². The fraction of sp³-hybridized carbons (Fsp3) is 0.125. The molecule has 146 valence electrons. The van der Waals surface area contributed by atoms with Gasteiger partial charge in [-0.15, -0.1) is 0 Å². The number of benzene rings is 3. The number of hydrogen-bond donors (Lipinski definition) is 1. The van der Waals surface area contributed by atoms with Gasteiger partial charge in [-0.2, -0.15) is 0 Å². The maximum absolute atomic E-state index is 13.7. The zero-order valence-corrected chi connectivity index (χ0v) is 16.3. The molecule has 5 heteroatoms. The minimum atomic E-state index is -0.511. The molecule has 0 unspecified atom stereocenters. The smallest absolute Gasteiger partial charge is 0.407 e. The summed E-state index contributed by atoms with van der Waals surface area (Å²) in [6.45, 7) is 0.481. The van der Waals surface area contributed by atoms with E-state index in [0.717, 1.165) is 11.1 Å². The standard InChI is InChI=1S/C24H19ClFNO2/c25-17-11-12-23(26)16(14-17)6-5-13-27-24(28)29-15-22-20-9-3-1-7-18(20)19-8-2-4-10-21(19)22/h1-12,14,22H,13,15H2,(H,27,28). The summed E-state index contributed by atoms with van der Waals surface area (Å²) >= 11 is 5.87. The molecule has 3 nitrogen and oxygen atoms in total. The predicted octanol–water partition coefficient (Wildman–Crippen LogP) is 6.03. The van der Waals surface area contributed by atoms with Gasteiger partial charge in [-0.3, -0.25) is 0 Å². The highest BCUT2D eigenvalue weighted by molar-refractivity contribution is 6.30. The lowest BCUT2D eigenvalue weighted by molar-refractivity contribution is 0.144. The van der Waals surface area contributed by atoms with Gasteiger partial charge in [-0.05, 0) is 40.5 Å². The maximum Gasteiger partial charge on any atom is 0.407 e. The van der Waals surface area contributed by atoms with Gasteiger partial charge in [0.25, 0.3) is 0 Å². The van der Waals surface area contributed by atoms with E-state index in [1.165, 1.54) is 29.3 Å². The minimum absolute atomic E-state index is 0.0178. The normalized spacial score (nSPS) is 12.6. The van der Waals surface area contributed by atoms with Gasteiger partial charge in [0.05, 0.1) is 0 Å². The summed E-state index contributed by atoms with van der Waals surface area (Å²) in [7, 11) is 0. The number of hydrogen-bond acceptors (Lipinski definition) is 2. The van der Waals surface area contributed by atoms with Crippen LogP contribution in [-0.4, -0.2) is 19.2 Å². The average Bonchev–Trinajstić information content (AvgIpc) is 3.06. The van der Waals surface area contributed by atoms with Gasteiger partial charge in [-0.25, -0.2) is 9.18 Å². The predicted molar refractivity (Wildman–Crippen MR) is 114 cm³/mol. The first-order chi connectivity index (χ1) is 14.1. The summed E-state index contributed by atoms with van der Waals surface area (Å²) in [6, 6.07) is 20.7. The van der Waals surface area contributed by atoms with Crippen molar-refractivity contribution in [3.8, 4) is 11.1 Å². The number of carbonyl (C=O) groups excluding carboxylic acids is 1. The van der Waals surface area contributed by atoms with Gasteiger partial charge in [0.1, 0.15) is 12.4 Å². The summed E-state index contributed by atoms with van der Waals surface area (Å²) in [5.74, 6) is -0.351. The van der Waals surface area contributed by atoms with Crippen LogP contribution in [0.4, 0.5) is 9.18 Å². The molecule has 1 amide bonds. The zero-order chi connectivity index (χ0) is 20.2. The van der Waals surface area contributed by atoms with Crippen molar-refractivity contribution in [2.75, 3.05) is 13.2 Å². The lowest BCUT2D eigenvalue weighted by Crippen LogP contribution is -2.26. The topological polar surface area (TPSA) is 38.3 Å². The third-order valence-corrected chi connectivity index (χ3v) is 5.20. The van der Waals surface area contributed by atoms with Crippen LogP contribution >= 0.6 is 11.6 Å². The summed E-state index contributed by atoms with van der Waals surface area (Å²) in [6.07, 6.45) is 2.71. The van der Waals surface area contributed by atoms with Gasteiger partial charge in [0.2, 0.25) is 0 Å². The first-order valence-corrected chi connectivity index (χ1v) is 9.71.